The lowest BCUT2D eigenvalue weighted by molar-refractivity contribution is 0.827. The van der Waals surface area contributed by atoms with Crippen LogP contribution >= 0.6 is 31.9 Å². The number of nitrogens with two attached hydrogens (primary N) is 1. The molecule has 0 radical (unpaired) electrons. The second-order valence-electron chi connectivity index (χ2n) is 13.1. The van der Waals surface area contributed by atoms with Crippen molar-refractivity contribution in [1.29, 1.82) is 0 Å². The molecule has 3 N–H and O–H groups in total. The number of nitrogen functional groups attached to an aromatic ring is 1. The lowest BCUT2D eigenvalue weighted by Crippen LogP contribution is -2.20. The van der Waals surface area contributed by atoms with E-state index < -0.39 is 0 Å². The molecule has 0 amide bonds. The SMILES string of the molecule is Brc1ccc2nc3c(c(NCc4ccccc4)c2c1)CCN3Cc1ccccc1.Nc1c2c(nc3ccc(Br)cc13)N(Cc1ccccc1)CC2. The van der Waals surface area contributed by atoms with E-state index in [2.05, 4.69) is 156 Å². The van der Waals surface area contributed by atoms with Crippen molar-refractivity contribution in [2.24, 2.45) is 0 Å². The molecule has 0 spiro atoms. The second kappa shape index (κ2) is 14.7. The number of halogens is 2. The summed E-state index contributed by atoms with van der Waals surface area (Å²) in [5.41, 5.74) is 16.9. The highest BCUT2D eigenvalue weighted by Gasteiger charge is 2.27. The van der Waals surface area contributed by atoms with Crippen LogP contribution in [0.4, 0.5) is 23.0 Å². The predicted octanol–water partition coefficient (Wildman–Crippen LogP) is 10.3. The lowest BCUT2D eigenvalue weighted by atomic mass is 10.1. The van der Waals surface area contributed by atoms with Crippen LogP contribution in [0.25, 0.3) is 21.8 Å². The normalized spacial score (nSPS) is 13.2. The van der Waals surface area contributed by atoms with Gasteiger partial charge >= 0.3 is 0 Å². The molecule has 9 rings (SSSR count). The minimum absolute atomic E-state index is 0.803. The van der Waals surface area contributed by atoms with Gasteiger partial charge in [0.1, 0.15) is 11.6 Å². The molecule has 0 atom stereocenters. The third kappa shape index (κ3) is 7.16. The standard InChI is InChI=1S/C25H22BrN3.C18H16BrN3/c26-20-11-12-23-22(15-20)24(27-16-18-7-3-1-4-8-18)21-13-14-29(25(21)28-23)17-19-9-5-2-6-10-19;19-13-6-7-16-15(10-13)17(20)14-8-9-22(18(14)21-16)11-12-4-2-1-3-5-12/h1-12,15H,13-14,16-17H2,(H,27,28);1-7,10H,8-9,11H2,(H2,20,21). The number of hydrogen-bond acceptors (Lipinski definition) is 6. The maximum absolute atomic E-state index is 6.41. The Morgan fingerprint density at radius 1 is 0.569 bits per heavy atom. The zero-order chi connectivity index (χ0) is 34.7. The first-order valence-electron chi connectivity index (χ1n) is 17.4. The third-order valence-electron chi connectivity index (χ3n) is 9.70. The van der Waals surface area contributed by atoms with Crippen molar-refractivity contribution in [3.8, 4) is 0 Å². The van der Waals surface area contributed by atoms with Gasteiger partial charge in [-0.25, -0.2) is 9.97 Å². The van der Waals surface area contributed by atoms with Crippen molar-refractivity contribution in [2.75, 3.05) is 33.9 Å². The monoisotopic (exact) mass is 796 g/mol. The van der Waals surface area contributed by atoms with Crippen molar-refractivity contribution in [1.82, 2.24) is 9.97 Å². The van der Waals surface area contributed by atoms with Gasteiger partial charge < -0.3 is 20.9 Å². The first-order valence-corrected chi connectivity index (χ1v) is 18.9. The van der Waals surface area contributed by atoms with Crippen LogP contribution in [0, 0.1) is 0 Å². The van der Waals surface area contributed by atoms with E-state index in [0.717, 1.165) is 88.3 Å². The maximum atomic E-state index is 6.41. The Morgan fingerprint density at radius 3 is 1.61 bits per heavy atom. The van der Waals surface area contributed by atoms with Crippen molar-refractivity contribution < 1.29 is 0 Å². The quantitative estimate of drug-likeness (QED) is 0.167. The van der Waals surface area contributed by atoms with Crippen LogP contribution in [0.3, 0.4) is 0 Å². The van der Waals surface area contributed by atoms with Gasteiger partial charge in [0.15, 0.2) is 0 Å². The van der Waals surface area contributed by atoms with Crippen molar-refractivity contribution >= 4 is 76.7 Å². The molecule has 0 unspecified atom stereocenters. The minimum Gasteiger partial charge on any atom is -0.398 e. The minimum atomic E-state index is 0.803. The zero-order valence-electron chi connectivity index (χ0n) is 28.2. The highest BCUT2D eigenvalue weighted by molar-refractivity contribution is 9.10. The van der Waals surface area contributed by atoms with Gasteiger partial charge in [-0.05, 0) is 65.9 Å². The number of nitrogens with zero attached hydrogens (tertiary/aromatic N) is 4. The average Bonchev–Trinajstić information content (AvgIpc) is 3.75. The molecule has 254 valence electrons. The van der Waals surface area contributed by atoms with E-state index in [1.54, 1.807) is 0 Å². The van der Waals surface area contributed by atoms with Gasteiger partial charge in [-0.15, -0.1) is 0 Å². The molecule has 5 aromatic carbocycles. The van der Waals surface area contributed by atoms with Crippen LogP contribution in [-0.4, -0.2) is 23.1 Å². The molecule has 0 bridgehead atoms. The number of pyridine rings is 2. The van der Waals surface area contributed by atoms with Gasteiger partial charge in [0, 0.05) is 69.3 Å². The fourth-order valence-electron chi connectivity index (χ4n) is 7.16. The van der Waals surface area contributed by atoms with Crippen LogP contribution in [-0.2, 0) is 32.5 Å². The number of anilines is 4. The maximum Gasteiger partial charge on any atom is 0.134 e. The molecular weight excluding hydrogens is 760 g/mol. The fourth-order valence-corrected chi connectivity index (χ4v) is 7.89. The summed E-state index contributed by atoms with van der Waals surface area (Å²) in [6.45, 7) is 4.54. The summed E-state index contributed by atoms with van der Waals surface area (Å²) in [6.07, 6.45) is 1.97. The number of nitrogens with one attached hydrogen (secondary N) is 1. The van der Waals surface area contributed by atoms with Crippen molar-refractivity contribution in [3.63, 3.8) is 0 Å². The Morgan fingerprint density at radius 2 is 1.04 bits per heavy atom. The molecule has 2 aromatic heterocycles. The molecule has 0 saturated carbocycles. The zero-order valence-corrected chi connectivity index (χ0v) is 31.4. The van der Waals surface area contributed by atoms with Gasteiger partial charge in [0.2, 0.25) is 0 Å². The van der Waals surface area contributed by atoms with Crippen LogP contribution < -0.4 is 20.9 Å². The van der Waals surface area contributed by atoms with E-state index in [-0.39, 0.29) is 0 Å². The summed E-state index contributed by atoms with van der Waals surface area (Å²) in [5, 5.41) is 5.94. The first kappa shape index (κ1) is 33.2. The summed E-state index contributed by atoms with van der Waals surface area (Å²) in [4.78, 5) is 14.6. The molecular formula is C43H38Br2N6. The van der Waals surface area contributed by atoms with E-state index in [0.29, 0.717) is 0 Å². The number of rotatable bonds is 7. The number of benzene rings is 5. The predicted molar refractivity (Wildman–Crippen MR) is 219 cm³/mol. The highest BCUT2D eigenvalue weighted by atomic mass is 79.9. The van der Waals surface area contributed by atoms with Gasteiger partial charge in [-0.1, -0.05) is 123 Å². The van der Waals surface area contributed by atoms with E-state index in [1.807, 2.05) is 18.2 Å². The summed E-state index contributed by atoms with van der Waals surface area (Å²) >= 11 is 7.14. The molecule has 0 aliphatic carbocycles. The molecule has 51 heavy (non-hydrogen) atoms. The largest absolute Gasteiger partial charge is 0.398 e. The summed E-state index contributed by atoms with van der Waals surface area (Å²) in [7, 11) is 0. The smallest absolute Gasteiger partial charge is 0.134 e. The van der Waals surface area contributed by atoms with Crippen LogP contribution in [0.5, 0.6) is 0 Å². The molecule has 0 saturated heterocycles. The lowest BCUT2D eigenvalue weighted by Gasteiger charge is -2.20. The van der Waals surface area contributed by atoms with Crippen molar-refractivity contribution in [3.05, 3.63) is 164 Å². The van der Waals surface area contributed by atoms with E-state index in [4.69, 9.17) is 15.7 Å². The third-order valence-corrected chi connectivity index (χ3v) is 10.7. The first-order chi connectivity index (χ1) is 25.0. The fraction of sp³-hybridized carbons (Fsp3) is 0.163. The van der Waals surface area contributed by atoms with Gasteiger partial charge in [-0.2, -0.15) is 0 Å². The van der Waals surface area contributed by atoms with Crippen LogP contribution in [0.2, 0.25) is 0 Å². The van der Waals surface area contributed by atoms with Gasteiger partial charge in [-0.3, -0.25) is 0 Å². The molecule has 6 nitrogen and oxygen atoms in total. The van der Waals surface area contributed by atoms with Crippen LogP contribution in [0.1, 0.15) is 27.8 Å². The van der Waals surface area contributed by atoms with E-state index in [9.17, 15) is 0 Å². The van der Waals surface area contributed by atoms with Gasteiger partial charge in [0.25, 0.3) is 0 Å². The molecule has 8 heteroatoms. The molecule has 0 fully saturated rings. The number of fused-ring (bicyclic) bond motifs is 4. The number of hydrogen-bond donors (Lipinski definition) is 2. The second-order valence-corrected chi connectivity index (χ2v) is 14.9. The molecule has 7 aromatic rings. The summed E-state index contributed by atoms with van der Waals surface area (Å²) in [6, 6.07) is 44.1. The Bertz CT molecular complexity index is 2320. The molecule has 4 heterocycles. The van der Waals surface area contributed by atoms with Crippen LogP contribution in [0.15, 0.2) is 136 Å². The topological polar surface area (TPSA) is 70.3 Å². The Hall–Kier alpha value is -4.92. The average molecular weight is 799 g/mol. The number of aromatic nitrogens is 2. The summed E-state index contributed by atoms with van der Waals surface area (Å²) in [5.74, 6) is 2.15. The van der Waals surface area contributed by atoms with Gasteiger partial charge in [0.05, 0.1) is 16.7 Å². The highest BCUT2D eigenvalue weighted by Crippen LogP contribution is 2.40. The Kier molecular flexibility index (Phi) is 9.61. The summed E-state index contributed by atoms with van der Waals surface area (Å²) < 4.78 is 2.11. The van der Waals surface area contributed by atoms with E-state index in [1.165, 1.54) is 38.9 Å². The Balaban J connectivity index is 0.000000152. The molecule has 2 aliphatic rings. The van der Waals surface area contributed by atoms with Crippen molar-refractivity contribution in [2.45, 2.75) is 32.5 Å². The Labute approximate surface area is 315 Å². The molecule has 2 aliphatic heterocycles. The van der Waals surface area contributed by atoms with E-state index >= 15 is 0 Å².